The number of nitrogens with one attached hydrogen (secondary N) is 1. The topological polar surface area (TPSA) is 58.6 Å². The molecule has 1 aromatic carbocycles. The van der Waals surface area contributed by atoms with Crippen LogP contribution in [0.3, 0.4) is 0 Å². The summed E-state index contributed by atoms with van der Waals surface area (Å²) in [6.45, 7) is 4.56. The Hall–Kier alpha value is -2.04. The quantitative estimate of drug-likeness (QED) is 0.877. The Kier molecular flexibility index (Phi) is 5.64. The highest BCUT2D eigenvalue weighted by atomic mass is 16.5. The second kappa shape index (κ2) is 7.49. The van der Waals surface area contributed by atoms with Gasteiger partial charge in [0.15, 0.2) is 0 Å². The summed E-state index contributed by atoms with van der Waals surface area (Å²) >= 11 is 0. The second-order valence-electron chi connectivity index (χ2n) is 6.37. The van der Waals surface area contributed by atoms with Gasteiger partial charge in [-0.05, 0) is 31.9 Å². The average molecular weight is 318 g/mol. The Labute approximate surface area is 138 Å². The molecule has 1 aromatic rings. The Morgan fingerprint density at radius 1 is 1.30 bits per heavy atom. The Morgan fingerprint density at radius 3 is 2.61 bits per heavy atom. The van der Waals surface area contributed by atoms with E-state index in [9.17, 15) is 9.59 Å². The summed E-state index contributed by atoms with van der Waals surface area (Å²) in [6.07, 6.45) is 4.02. The first-order chi connectivity index (χ1) is 11.0. The van der Waals surface area contributed by atoms with Crippen LogP contribution in [0.15, 0.2) is 24.3 Å². The molecule has 0 aromatic heterocycles. The molecule has 0 bridgehead atoms. The van der Waals surface area contributed by atoms with Gasteiger partial charge < -0.3 is 15.0 Å². The van der Waals surface area contributed by atoms with E-state index in [0.29, 0.717) is 18.0 Å². The molecule has 1 N–H and O–H groups in total. The van der Waals surface area contributed by atoms with Crippen molar-refractivity contribution in [1.29, 1.82) is 0 Å². The lowest BCUT2D eigenvalue weighted by molar-refractivity contribution is -0.143. The van der Waals surface area contributed by atoms with Crippen molar-refractivity contribution in [1.82, 2.24) is 4.90 Å². The maximum Gasteiger partial charge on any atom is 0.243 e. The molecule has 126 valence electrons. The molecule has 0 heterocycles. The predicted molar refractivity (Wildman–Crippen MR) is 90.5 cm³/mol. The summed E-state index contributed by atoms with van der Waals surface area (Å²) in [4.78, 5) is 26.6. The largest absolute Gasteiger partial charge is 0.497 e. The number of nitrogens with zero attached hydrogens (tertiary/aromatic N) is 1. The molecule has 5 heteroatoms. The maximum absolute atomic E-state index is 12.7. The number of hydrogen-bond acceptors (Lipinski definition) is 3. The van der Waals surface area contributed by atoms with Gasteiger partial charge in [-0.15, -0.1) is 0 Å². The highest BCUT2D eigenvalue weighted by Crippen LogP contribution is 2.39. The van der Waals surface area contributed by atoms with Gasteiger partial charge in [0.1, 0.15) is 5.75 Å². The molecule has 2 amide bonds. The average Bonchev–Trinajstić information content (AvgIpc) is 3.00. The van der Waals surface area contributed by atoms with Crippen LogP contribution in [-0.4, -0.2) is 36.9 Å². The molecule has 2 rings (SSSR count). The summed E-state index contributed by atoms with van der Waals surface area (Å²) in [5.74, 6) is 0.595. The molecule has 0 unspecified atom stereocenters. The summed E-state index contributed by atoms with van der Waals surface area (Å²) in [6, 6.07) is 7.19. The number of anilines is 1. The zero-order chi connectivity index (χ0) is 16.9. The van der Waals surface area contributed by atoms with Gasteiger partial charge in [0.25, 0.3) is 0 Å². The van der Waals surface area contributed by atoms with Crippen LogP contribution in [0.5, 0.6) is 5.75 Å². The van der Waals surface area contributed by atoms with Gasteiger partial charge in [-0.2, -0.15) is 0 Å². The van der Waals surface area contributed by atoms with Crippen LogP contribution < -0.4 is 10.1 Å². The van der Waals surface area contributed by atoms with Gasteiger partial charge >= 0.3 is 0 Å². The molecule has 0 saturated heterocycles. The standard InChI is InChI=1S/C18H26N2O3/c1-4-20(17(22)18(2)10-5-6-11-18)13-16(21)19-14-8-7-9-15(12-14)23-3/h7-9,12H,4-6,10-11,13H2,1-3H3,(H,19,21). The van der Waals surface area contributed by atoms with E-state index in [1.54, 1.807) is 24.1 Å². The van der Waals surface area contributed by atoms with Crippen molar-refractivity contribution >= 4 is 17.5 Å². The molecule has 1 fully saturated rings. The van der Waals surface area contributed by atoms with E-state index in [2.05, 4.69) is 5.32 Å². The SMILES string of the molecule is CCN(CC(=O)Nc1cccc(OC)c1)C(=O)C1(C)CCCC1. The predicted octanol–water partition coefficient (Wildman–Crippen LogP) is 3.06. The van der Waals surface area contributed by atoms with Crippen molar-refractivity contribution < 1.29 is 14.3 Å². The van der Waals surface area contributed by atoms with E-state index in [1.165, 1.54) is 0 Å². The number of carbonyl (C=O) groups excluding carboxylic acids is 2. The van der Waals surface area contributed by atoms with Crippen molar-refractivity contribution in [3.8, 4) is 5.75 Å². The molecule has 1 aliphatic carbocycles. The normalized spacial score (nSPS) is 16.0. The lowest BCUT2D eigenvalue weighted by atomic mass is 9.87. The number of benzene rings is 1. The Balaban J connectivity index is 1.97. The first-order valence-electron chi connectivity index (χ1n) is 8.22. The highest BCUT2D eigenvalue weighted by Gasteiger charge is 2.39. The van der Waals surface area contributed by atoms with Gasteiger partial charge in [-0.25, -0.2) is 0 Å². The summed E-state index contributed by atoms with van der Waals surface area (Å²) in [7, 11) is 1.58. The minimum absolute atomic E-state index is 0.0854. The maximum atomic E-state index is 12.7. The summed E-state index contributed by atoms with van der Waals surface area (Å²) in [5.41, 5.74) is 0.372. The Morgan fingerprint density at radius 2 is 2.00 bits per heavy atom. The number of rotatable bonds is 6. The minimum atomic E-state index is -0.299. The van der Waals surface area contributed by atoms with Crippen LogP contribution in [-0.2, 0) is 9.59 Å². The zero-order valence-electron chi connectivity index (χ0n) is 14.2. The third-order valence-corrected chi connectivity index (χ3v) is 4.58. The molecule has 0 atom stereocenters. The molecule has 0 aliphatic heterocycles. The van der Waals surface area contributed by atoms with Crippen LogP contribution in [0.4, 0.5) is 5.69 Å². The van der Waals surface area contributed by atoms with Gasteiger partial charge in [0, 0.05) is 23.7 Å². The smallest absolute Gasteiger partial charge is 0.243 e. The van der Waals surface area contributed by atoms with E-state index in [-0.39, 0.29) is 23.8 Å². The molecular formula is C18H26N2O3. The van der Waals surface area contributed by atoms with Crippen LogP contribution in [0, 0.1) is 5.41 Å². The summed E-state index contributed by atoms with van der Waals surface area (Å²) in [5, 5.41) is 2.83. The number of hydrogen-bond donors (Lipinski definition) is 1. The summed E-state index contributed by atoms with van der Waals surface area (Å²) < 4.78 is 5.14. The fourth-order valence-electron chi connectivity index (χ4n) is 3.15. The van der Waals surface area contributed by atoms with Crippen LogP contribution in [0.25, 0.3) is 0 Å². The van der Waals surface area contributed by atoms with Gasteiger partial charge in [-0.1, -0.05) is 25.8 Å². The van der Waals surface area contributed by atoms with Gasteiger partial charge in [0.2, 0.25) is 11.8 Å². The zero-order valence-corrected chi connectivity index (χ0v) is 14.2. The van der Waals surface area contributed by atoms with Crippen molar-refractivity contribution in [3.05, 3.63) is 24.3 Å². The number of amides is 2. The molecule has 23 heavy (non-hydrogen) atoms. The number of methoxy groups -OCH3 is 1. The number of carbonyl (C=O) groups is 2. The molecule has 0 radical (unpaired) electrons. The third kappa shape index (κ3) is 4.24. The van der Waals surface area contributed by atoms with E-state index in [0.717, 1.165) is 25.7 Å². The first kappa shape index (κ1) is 17.3. The van der Waals surface area contributed by atoms with Gasteiger partial charge in [0.05, 0.1) is 13.7 Å². The number of ether oxygens (including phenoxy) is 1. The lowest BCUT2D eigenvalue weighted by Gasteiger charge is -2.30. The molecule has 1 aliphatic rings. The minimum Gasteiger partial charge on any atom is -0.497 e. The van der Waals surface area contributed by atoms with Crippen molar-refractivity contribution in [3.63, 3.8) is 0 Å². The first-order valence-corrected chi connectivity index (χ1v) is 8.22. The van der Waals surface area contributed by atoms with E-state index < -0.39 is 0 Å². The third-order valence-electron chi connectivity index (χ3n) is 4.58. The molecule has 1 saturated carbocycles. The Bertz CT molecular complexity index is 565. The fraction of sp³-hybridized carbons (Fsp3) is 0.556. The van der Waals surface area contributed by atoms with E-state index >= 15 is 0 Å². The molecule has 5 nitrogen and oxygen atoms in total. The van der Waals surface area contributed by atoms with E-state index in [4.69, 9.17) is 4.74 Å². The van der Waals surface area contributed by atoms with Gasteiger partial charge in [-0.3, -0.25) is 9.59 Å². The molecule has 0 spiro atoms. The van der Waals surface area contributed by atoms with Crippen LogP contribution in [0.2, 0.25) is 0 Å². The molecular weight excluding hydrogens is 292 g/mol. The van der Waals surface area contributed by atoms with Crippen molar-refractivity contribution in [2.24, 2.45) is 5.41 Å². The van der Waals surface area contributed by atoms with Crippen LogP contribution >= 0.6 is 0 Å². The second-order valence-corrected chi connectivity index (χ2v) is 6.37. The lowest BCUT2D eigenvalue weighted by Crippen LogP contribution is -2.44. The van der Waals surface area contributed by atoms with Crippen LogP contribution in [0.1, 0.15) is 39.5 Å². The fourth-order valence-corrected chi connectivity index (χ4v) is 3.15. The monoisotopic (exact) mass is 318 g/mol. The van der Waals surface area contributed by atoms with Crippen molar-refractivity contribution in [2.45, 2.75) is 39.5 Å². The van der Waals surface area contributed by atoms with Crippen molar-refractivity contribution in [2.75, 3.05) is 25.5 Å². The number of likely N-dealkylation sites (N-methyl/N-ethyl adjacent to an activating group) is 1. The highest BCUT2D eigenvalue weighted by molar-refractivity contribution is 5.95. The van der Waals surface area contributed by atoms with E-state index in [1.807, 2.05) is 26.0 Å².